The van der Waals surface area contributed by atoms with E-state index in [0.717, 1.165) is 12.1 Å². The molecule has 0 spiro atoms. The molecule has 0 fully saturated rings. The summed E-state index contributed by atoms with van der Waals surface area (Å²) in [7, 11) is -3.74. The molecule has 1 heterocycles. The van der Waals surface area contributed by atoms with Crippen molar-refractivity contribution in [3.8, 4) is 0 Å². The van der Waals surface area contributed by atoms with Crippen LogP contribution in [0.3, 0.4) is 0 Å². The number of hydrogen-bond donors (Lipinski definition) is 0. The molecule has 1 atom stereocenters. The number of anilines is 1. The molecule has 0 saturated heterocycles. The molecule has 1 aromatic heterocycles. The van der Waals surface area contributed by atoms with Crippen molar-refractivity contribution in [3.63, 3.8) is 0 Å². The van der Waals surface area contributed by atoms with Gasteiger partial charge in [-0.3, -0.25) is 9.78 Å². The molecule has 0 radical (unpaired) electrons. The number of halogens is 10. The zero-order chi connectivity index (χ0) is 27.2. The first-order valence-corrected chi connectivity index (χ1v) is 11.2. The molecule has 0 saturated carbocycles. The summed E-state index contributed by atoms with van der Waals surface area (Å²) < 4.78 is 131. The van der Waals surface area contributed by atoms with Crippen molar-refractivity contribution in [3.05, 3.63) is 69.5 Å². The normalized spacial score (nSPS) is 13.8. The van der Waals surface area contributed by atoms with Crippen LogP contribution in [0.2, 0.25) is 0 Å². The molecule has 1 unspecified atom stereocenters. The summed E-state index contributed by atoms with van der Waals surface area (Å²) in [6.45, 7) is 0. The number of aromatic nitrogens is 1. The Labute approximate surface area is 206 Å². The summed E-state index contributed by atoms with van der Waals surface area (Å²) in [4.78, 5) is 15.0. The number of pyridine rings is 1. The van der Waals surface area contributed by atoms with Gasteiger partial charge in [-0.2, -0.15) is 35.1 Å². The van der Waals surface area contributed by atoms with Gasteiger partial charge in [-0.15, -0.1) is 0 Å². The topological polar surface area (TPSA) is 73.3 Å². The summed E-state index contributed by atoms with van der Waals surface area (Å²) in [5, 5.41) is 12.7. The molecular weight excluding hydrogens is 599 g/mol. The average Bonchev–Trinajstić information content (AvgIpc) is 2.79. The van der Waals surface area contributed by atoms with Crippen LogP contribution in [0.15, 0.2) is 58.0 Å². The Morgan fingerprint density at radius 2 is 1.61 bits per heavy atom. The minimum absolute atomic E-state index is 0.150. The predicted molar refractivity (Wildman–Crippen MR) is 113 cm³/mol. The van der Waals surface area contributed by atoms with E-state index >= 15 is 0 Å². The number of hydrogen-bond acceptors (Lipinski definition) is 4. The van der Waals surface area contributed by atoms with Crippen LogP contribution in [0.1, 0.15) is 15.9 Å². The van der Waals surface area contributed by atoms with Crippen LogP contribution in [-0.2, 0) is 16.5 Å². The van der Waals surface area contributed by atoms with Crippen LogP contribution in [0, 0.1) is 5.21 Å². The molecule has 194 valence electrons. The molecule has 16 heteroatoms. The van der Waals surface area contributed by atoms with Gasteiger partial charge in [0.15, 0.2) is 0 Å². The van der Waals surface area contributed by atoms with Crippen molar-refractivity contribution in [2.24, 2.45) is 0 Å². The summed E-state index contributed by atoms with van der Waals surface area (Å²) >= 11 is 2.44. The lowest BCUT2D eigenvalue weighted by atomic mass is 9.94. The molecule has 1 amide bonds. The van der Waals surface area contributed by atoms with E-state index in [1.807, 2.05) is 0 Å². The first kappa shape index (κ1) is 27.9. The maximum absolute atomic E-state index is 14.5. The molecule has 5 nitrogen and oxygen atoms in total. The van der Waals surface area contributed by atoms with Gasteiger partial charge < -0.3 is 10.3 Å². The first-order chi connectivity index (χ1) is 16.5. The minimum atomic E-state index is -6.62. The maximum atomic E-state index is 14.5. The van der Waals surface area contributed by atoms with Gasteiger partial charge in [0, 0.05) is 27.2 Å². The van der Waals surface area contributed by atoms with Gasteiger partial charge >= 0.3 is 23.8 Å². The summed E-state index contributed by atoms with van der Waals surface area (Å²) in [5.41, 5.74) is -9.84. The van der Waals surface area contributed by atoms with Crippen LogP contribution in [-0.4, -0.2) is 33.2 Å². The number of carbonyl (C=O) groups excluding carboxylic acids is 1. The molecule has 36 heavy (non-hydrogen) atoms. The Bertz CT molecular complexity index is 1330. The molecule has 3 rings (SSSR count). The summed E-state index contributed by atoms with van der Waals surface area (Å²) in [6, 6.07) is 6.14. The van der Waals surface area contributed by atoms with E-state index < -0.39 is 77.8 Å². The van der Waals surface area contributed by atoms with Gasteiger partial charge in [0.05, 0.1) is 16.1 Å². The standard InChI is InChI=1S/C20H9BrF9N2O3S/c21-12-7-11(18(24,19(25,26)27)20(28,29)30)8-14(36(35)17(22)23)15(12)32(34)16(33)10-4-3-9-2-1-5-31-13(9)6-10/h1-8,17H/q-1. The second-order valence-electron chi connectivity index (χ2n) is 7.03. The molecule has 0 aliphatic rings. The SMILES string of the molecule is O=C(c1ccc2cccnc2c1)N([O-])c1c(Br)cc(C(F)(C(F)(F)F)C(F)(F)F)cc1S(=O)C(F)F. The third kappa shape index (κ3) is 4.80. The highest BCUT2D eigenvalue weighted by molar-refractivity contribution is 9.10. The smallest absolute Gasteiger partial charge is 0.435 e. The van der Waals surface area contributed by atoms with Gasteiger partial charge in [-0.25, -0.2) is 8.60 Å². The van der Waals surface area contributed by atoms with Crippen LogP contribution >= 0.6 is 15.9 Å². The van der Waals surface area contributed by atoms with Gasteiger partial charge in [-0.05, 0) is 46.3 Å². The quantitative estimate of drug-likeness (QED) is 0.237. The average molecular weight is 608 g/mol. The number of fused-ring (bicyclic) bond motifs is 1. The molecular formula is C20H9BrF9N2O3S-. The maximum Gasteiger partial charge on any atom is 0.435 e. The number of amides is 1. The van der Waals surface area contributed by atoms with Crippen molar-refractivity contribution in [1.82, 2.24) is 4.98 Å². The number of nitrogens with zero attached hydrogens (tertiary/aromatic N) is 2. The lowest BCUT2D eigenvalue weighted by molar-refractivity contribution is -0.348. The molecule has 0 aliphatic heterocycles. The van der Waals surface area contributed by atoms with E-state index in [1.165, 1.54) is 12.3 Å². The van der Waals surface area contributed by atoms with Crippen LogP contribution in [0.4, 0.5) is 45.2 Å². The zero-order valence-corrected chi connectivity index (χ0v) is 19.4. The first-order valence-electron chi connectivity index (χ1n) is 9.22. The molecule has 0 bridgehead atoms. The van der Waals surface area contributed by atoms with Gasteiger partial charge in [0.25, 0.3) is 0 Å². The van der Waals surface area contributed by atoms with Crippen molar-refractivity contribution in [2.45, 2.75) is 28.7 Å². The highest BCUT2D eigenvalue weighted by Gasteiger charge is 2.73. The number of hydroxylamine groups is 1. The molecule has 2 aromatic carbocycles. The lowest BCUT2D eigenvalue weighted by Crippen LogP contribution is -2.50. The number of carbonyl (C=O) groups is 1. The van der Waals surface area contributed by atoms with Crippen molar-refractivity contribution in [1.29, 1.82) is 0 Å². The molecule has 0 N–H and O–H groups in total. The fourth-order valence-electron chi connectivity index (χ4n) is 3.13. The highest BCUT2D eigenvalue weighted by atomic mass is 79.9. The second-order valence-corrected chi connectivity index (χ2v) is 9.27. The summed E-state index contributed by atoms with van der Waals surface area (Å²) in [6.07, 6.45) is -11.9. The minimum Gasteiger partial charge on any atom is -0.751 e. The second kappa shape index (κ2) is 9.63. The monoisotopic (exact) mass is 607 g/mol. The largest absolute Gasteiger partial charge is 0.751 e. The fraction of sp³-hybridized carbons (Fsp3) is 0.200. The van der Waals surface area contributed by atoms with E-state index in [-0.39, 0.29) is 11.6 Å². The van der Waals surface area contributed by atoms with Crippen LogP contribution < -0.4 is 5.06 Å². The predicted octanol–water partition coefficient (Wildman–Crippen LogP) is 6.76. The van der Waals surface area contributed by atoms with E-state index in [2.05, 4.69) is 20.9 Å². The summed E-state index contributed by atoms with van der Waals surface area (Å²) in [5.74, 6) is -5.44. The van der Waals surface area contributed by atoms with Crippen molar-refractivity contribution in [2.75, 3.05) is 5.06 Å². The number of benzene rings is 2. The van der Waals surface area contributed by atoms with E-state index in [0.29, 0.717) is 5.39 Å². The van der Waals surface area contributed by atoms with Gasteiger partial charge in [0.2, 0.25) is 5.91 Å². The van der Waals surface area contributed by atoms with E-state index in [9.17, 15) is 53.7 Å². The van der Waals surface area contributed by atoms with E-state index in [4.69, 9.17) is 0 Å². The van der Waals surface area contributed by atoms with Crippen molar-refractivity contribution < 1.29 is 48.5 Å². The lowest BCUT2D eigenvalue weighted by Gasteiger charge is -2.34. The van der Waals surface area contributed by atoms with Gasteiger partial charge in [-0.1, -0.05) is 12.1 Å². The van der Waals surface area contributed by atoms with Gasteiger partial charge in [0.1, 0.15) is 10.8 Å². The van der Waals surface area contributed by atoms with Crippen LogP contribution in [0.25, 0.3) is 10.9 Å². The number of alkyl halides is 9. The Morgan fingerprint density at radius 3 is 2.17 bits per heavy atom. The Morgan fingerprint density at radius 1 is 1.00 bits per heavy atom. The molecule has 0 aliphatic carbocycles. The van der Waals surface area contributed by atoms with Crippen molar-refractivity contribution >= 4 is 49.2 Å². The van der Waals surface area contributed by atoms with Crippen LogP contribution in [0.5, 0.6) is 0 Å². The third-order valence-corrected chi connectivity index (χ3v) is 6.50. The Balaban J connectivity index is 2.22. The zero-order valence-electron chi connectivity index (χ0n) is 17.0. The Hall–Kier alpha value is -2.72. The Kier molecular flexibility index (Phi) is 7.45. The molecule has 3 aromatic rings. The highest BCUT2D eigenvalue weighted by Crippen LogP contribution is 2.54. The number of rotatable bonds is 5. The fourth-order valence-corrected chi connectivity index (χ4v) is 4.70. The third-order valence-electron chi connectivity index (χ3n) is 4.83. The van der Waals surface area contributed by atoms with E-state index in [1.54, 1.807) is 12.1 Å².